The van der Waals surface area contributed by atoms with Gasteiger partial charge in [-0.05, 0) is 25.1 Å². The Morgan fingerprint density at radius 2 is 1.83 bits per heavy atom. The summed E-state index contributed by atoms with van der Waals surface area (Å²) >= 11 is 12.2. The van der Waals surface area contributed by atoms with Gasteiger partial charge in [0.15, 0.2) is 23.9 Å². The van der Waals surface area contributed by atoms with Crippen molar-refractivity contribution in [3.05, 3.63) is 57.6 Å². The van der Waals surface area contributed by atoms with Crippen molar-refractivity contribution < 1.29 is 14.3 Å². The van der Waals surface area contributed by atoms with Gasteiger partial charge in [0.25, 0.3) is 11.8 Å². The number of amides is 2. The zero-order chi connectivity index (χ0) is 22.0. The van der Waals surface area contributed by atoms with Crippen molar-refractivity contribution in [1.82, 2.24) is 24.5 Å². The largest absolute Gasteiger partial charge is 0.468 e. The highest BCUT2D eigenvalue weighted by atomic mass is 35.5. The fraction of sp³-hybridized carbons (Fsp3) is 0.263. The zero-order valence-corrected chi connectivity index (χ0v) is 18.3. The Morgan fingerprint density at radius 3 is 2.47 bits per heavy atom. The summed E-state index contributed by atoms with van der Waals surface area (Å²) in [6.07, 6.45) is 1.58. The molecule has 0 radical (unpaired) electrons. The van der Waals surface area contributed by atoms with Crippen LogP contribution in [-0.2, 0) is 13.8 Å². The summed E-state index contributed by atoms with van der Waals surface area (Å²) in [6, 6.07) is 6.57. The number of hydrogen-bond donors (Lipinski definition) is 1. The maximum Gasteiger partial charge on any atom is 0.276 e. The van der Waals surface area contributed by atoms with Crippen LogP contribution in [0.5, 0.6) is 5.75 Å². The highest BCUT2D eigenvalue weighted by molar-refractivity contribution is 6.37. The van der Waals surface area contributed by atoms with E-state index in [1.165, 1.54) is 20.3 Å². The lowest BCUT2D eigenvalue weighted by molar-refractivity contribution is 0.0822. The Kier molecular flexibility index (Phi) is 6.33. The Bertz CT molecular complexity index is 1090. The predicted molar refractivity (Wildman–Crippen MR) is 113 cm³/mol. The number of benzene rings is 1. The number of nitrogens with zero attached hydrogens (tertiary/aromatic N) is 5. The molecule has 0 aliphatic heterocycles. The Hall–Kier alpha value is -3.04. The minimum Gasteiger partial charge on any atom is -0.468 e. The fourth-order valence-corrected chi connectivity index (χ4v) is 3.11. The van der Waals surface area contributed by atoms with Crippen molar-refractivity contribution in [3.63, 3.8) is 0 Å². The summed E-state index contributed by atoms with van der Waals surface area (Å²) in [5.41, 5.74) is 1.29. The number of para-hydroxylation sites is 1. The molecule has 158 valence electrons. The van der Waals surface area contributed by atoms with Crippen LogP contribution in [0.15, 0.2) is 30.5 Å². The van der Waals surface area contributed by atoms with E-state index in [1.807, 2.05) is 0 Å². The molecule has 3 rings (SSSR count). The third-order valence-corrected chi connectivity index (χ3v) is 4.91. The lowest BCUT2D eigenvalue weighted by atomic mass is 10.2. The maximum absolute atomic E-state index is 12.7. The number of rotatable bonds is 6. The molecule has 1 aromatic carbocycles. The van der Waals surface area contributed by atoms with Crippen LogP contribution in [0.4, 0.5) is 5.69 Å². The Labute approximate surface area is 183 Å². The van der Waals surface area contributed by atoms with Crippen LogP contribution in [0, 0.1) is 6.92 Å². The molecular formula is C19H20Cl2N6O3. The number of ether oxygens (including phenoxy) is 1. The minimum atomic E-state index is -0.478. The zero-order valence-electron chi connectivity index (χ0n) is 16.8. The molecule has 11 heteroatoms. The van der Waals surface area contributed by atoms with E-state index in [2.05, 4.69) is 15.5 Å². The summed E-state index contributed by atoms with van der Waals surface area (Å²) < 4.78 is 8.57. The first-order valence-electron chi connectivity index (χ1n) is 8.86. The van der Waals surface area contributed by atoms with Crippen molar-refractivity contribution in [2.75, 3.05) is 19.4 Å². The smallest absolute Gasteiger partial charge is 0.276 e. The summed E-state index contributed by atoms with van der Waals surface area (Å²) in [7, 11) is 4.93. The second-order valence-corrected chi connectivity index (χ2v) is 7.47. The monoisotopic (exact) mass is 450 g/mol. The number of hydrogen-bond acceptors (Lipinski definition) is 5. The molecule has 0 saturated heterocycles. The minimum absolute atomic E-state index is 0.00696. The molecule has 2 aromatic heterocycles. The highest BCUT2D eigenvalue weighted by Crippen LogP contribution is 2.32. The van der Waals surface area contributed by atoms with Gasteiger partial charge in [-0.3, -0.25) is 14.3 Å². The molecule has 0 aliphatic carbocycles. The van der Waals surface area contributed by atoms with Gasteiger partial charge in [-0.2, -0.15) is 10.2 Å². The van der Waals surface area contributed by atoms with Gasteiger partial charge < -0.3 is 15.0 Å². The van der Waals surface area contributed by atoms with Crippen LogP contribution in [0.1, 0.15) is 26.7 Å². The first-order valence-corrected chi connectivity index (χ1v) is 9.61. The standard InChI is InChI=1S/C19H20Cl2N6O3/c1-11-15(16(24-26(11)4)19(29)25(2)3)22-18(28)14-8-9-27(23-14)10-30-17-12(20)6-5-7-13(17)21/h5-9H,10H2,1-4H3,(H,22,28). The number of anilines is 1. The number of aromatic nitrogens is 4. The average Bonchev–Trinajstić information content (AvgIpc) is 3.27. The summed E-state index contributed by atoms with van der Waals surface area (Å²) in [5.74, 6) is -0.460. The summed E-state index contributed by atoms with van der Waals surface area (Å²) in [4.78, 5) is 26.4. The van der Waals surface area contributed by atoms with Crippen LogP contribution in [-0.4, -0.2) is 50.4 Å². The molecular weight excluding hydrogens is 431 g/mol. The highest BCUT2D eigenvalue weighted by Gasteiger charge is 2.23. The third-order valence-electron chi connectivity index (χ3n) is 4.31. The number of aryl methyl sites for hydroxylation is 1. The van der Waals surface area contributed by atoms with Crippen LogP contribution in [0.2, 0.25) is 10.0 Å². The van der Waals surface area contributed by atoms with E-state index in [1.54, 1.807) is 52.5 Å². The van der Waals surface area contributed by atoms with Crippen molar-refractivity contribution in [2.24, 2.45) is 7.05 Å². The normalized spacial score (nSPS) is 10.7. The van der Waals surface area contributed by atoms with Gasteiger partial charge in [0.1, 0.15) is 0 Å². The summed E-state index contributed by atoms with van der Waals surface area (Å²) in [5, 5.41) is 11.9. The molecule has 1 N–H and O–H groups in total. The van der Waals surface area contributed by atoms with E-state index in [4.69, 9.17) is 27.9 Å². The lowest BCUT2D eigenvalue weighted by Gasteiger charge is -2.10. The van der Waals surface area contributed by atoms with Crippen molar-refractivity contribution in [1.29, 1.82) is 0 Å². The molecule has 2 heterocycles. The van der Waals surface area contributed by atoms with E-state index in [-0.39, 0.29) is 24.0 Å². The van der Waals surface area contributed by atoms with E-state index >= 15 is 0 Å². The maximum atomic E-state index is 12.7. The first kappa shape index (κ1) is 21.7. The van der Waals surface area contributed by atoms with Crippen LogP contribution < -0.4 is 10.1 Å². The third kappa shape index (κ3) is 4.42. The number of carbonyl (C=O) groups excluding carboxylic acids is 2. The lowest BCUT2D eigenvalue weighted by Crippen LogP contribution is -2.24. The second kappa shape index (κ2) is 8.76. The van der Waals surface area contributed by atoms with E-state index in [0.29, 0.717) is 27.2 Å². The molecule has 0 unspecified atom stereocenters. The van der Waals surface area contributed by atoms with E-state index < -0.39 is 5.91 Å². The van der Waals surface area contributed by atoms with Gasteiger partial charge in [0.2, 0.25) is 0 Å². The molecule has 0 saturated carbocycles. The molecule has 30 heavy (non-hydrogen) atoms. The average molecular weight is 451 g/mol. The fourth-order valence-electron chi connectivity index (χ4n) is 2.60. The van der Waals surface area contributed by atoms with E-state index in [0.717, 1.165) is 0 Å². The van der Waals surface area contributed by atoms with Gasteiger partial charge >= 0.3 is 0 Å². The van der Waals surface area contributed by atoms with Crippen LogP contribution in [0.3, 0.4) is 0 Å². The molecule has 0 fully saturated rings. The van der Waals surface area contributed by atoms with Crippen molar-refractivity contribution in [2.45, 2.75) is 13.7 Å². The number of carbonyl (C=O) groups is 2. The SMILES string of the molecule is Cc1c(NC(=O)c2ccn(COc3c(Cl)cccc3Cl)n2)c(C(=O)N(C)C)nn1C. The van der Waals surface area contributed by atoms with Gasteiger partial charge in [-0.25, -0.2) is 4.68 Å². The second-order valence-electron chi connectivity index (χ2n) is 6.65. The van der Waals surface area contributed by atoms with Gasteiger partial charge in [-0.1, -0.05) is 29.3 Å². The Balaban J connectivity index is 1.74. The molecule has 3 aromatic rings. The summed E-state index contributed by atoms with van der Waals surface area (Å²) in [6.45, 7) is 1.77. The molecule has 0 bridgehead atoms. The van der Waals surface area contributed by atoms with Gasteiger partial charge in [0, 0.05) is 27.3 Å². The van der Waals surface area contributed by atoms with Crippen molar-refractivity contribution in [3.8, 4) is 5.75 Å². The molecule has 0 atom stereocenters. The number of nitrogens with one attached hydrogen (secondary N) is 1. The number of halogens is 2. The van der Waals surface area contributed by atoms with Crippen LogP contribution >= 0.6 is 23.2 Å². The first-order chi connectivity index (χ1) is 14.2. The van der Waals surface area contributed by atoms with E-state index in [9.17, 15) is 9.59 Å². The molecule has 0 aliphatic rings. The topological polar surface area (TPSA) is 94.3 Å². The molecule has 2 amide bonds. The van der Waals surface area contributed by atoms with Gasteiger partial charge in [0.05, 0.1) is 21.4 Å². The molecule has 9 nitrogen and oxygen atoms in total. The van der Waals surface area contributed by atoms with Crippen molar-refractivity contribution >= 4 is 40.7 Å². The molecule has 0 spiro atoms. The quantitative estimate of drug-likeness (QED) is 0.621. The Morgan fingerprint density at radius 1 is 1.17 bits per heavy atom. The predicted octanol–water partition coefficient (Wildman–Crippen LogP) is 3.22. The van der Waals surface area contributed by atoms with Crippen LogP contribution in [0.25, 0.3) is 0 Å². The van der Waals surface area contributed by atoms with Gasteiger partial charge in [-0.15, -0.1) is 0 Å².